The predicted octanol–water partition coefficient (Wildman–Crippen LogP) is 1.89. The molecule has 0 aliphatic heterocycles. The van der Waals surface area contributed by atoms with Gasteiger partial charge in [-0.3, -0.25) is 9.59 Å². The highest BCUT2D eigenvalue weighted by Gasteiger charge is 2.05. The summed E-state index contributed by atoms with van der Waals surface area (Å²) >= 11 is 0. The summed E-state index contributed by atoms with van der Waals surface area (Å²) in [6.45, 7) is 4.19. The number of hydrogen-bond donors (Lipinski definition) is 3. The monoisotopic (exact) mass is 263 g/mol. The van der Waals surface area contributed by atoms with Crippen LogP contribution in [0.25, 0.3) is 0 Å². The van der Waals surface area contributed by atoms with Gasteiger partial charge in [0.05, 0.1) is 0 Å². The number of rotatable bonds is 6. The highest BCUT2D eigenvalue weighted by molar-refractivity contribution is 5.92. The van der Waals surface area contributed by atoms with Gasteiger partial charge < -0.3 is 16.0 Å². The number of carbonyl (C=O) groups excluding carboxylic acids is 2. The molecule has 1 aromatic carbocycles. The minimum Gasteiger partial charge on any atom is -0.326 e. The Morgan fingerprint density at radius 1 is 1.21 bits per heavy atom. The lowest BCUT2D eigenvalue weighted by molar-refractivity contribution is -0.116. The minimum atomic E-state index is -0.105. The molecule has 0 aromatic heterocycles. The van der Waals surface area contributed by atoms with Crippen LogP contribution in [0.2, 0.25) is 0 Å². The highest BCUT2D eigenvalue weighted by Crippen LogP contribution is 2.19. The van der Waals surface area contributed by atoms with E-state index in [0.717, 1.165) is 29.9 Å². The number of hydrogen-bond acceptors (Lipinski definition) is 3. The van der Waals surface area contributed by atoms with E-state index in [9.17, 15) is 9.59 Å². The van der Waals surface area contributed by atoms with Gasteiger partial charge >= 0.3 is 0 Å². The molecule has 2 amide bonds. The third kappa shape index (κ3) is 5.52. The zero-order valence-electron chi connectivity index (χ0n) is 11.7. The fourth-order valence-electron chi connectivity index (χ4n) is 1.72. The molecule has 0 bridgehead atoms. The first-order valence-electron chi connectivity index (χ1n) is 6.35. The maximum absolute atomic E-state index is 11.7. The number of aryl methyl sites for hydroxylation is 1. The number of carbonyl (C=O) groups is 2. The Morgan fingerprint density at radius 3 is 2.53 bits per heavy atom. The van der Waals surface area contributed by atoms with E-state index in [4.69, 9.17) is 0 Å². The molecule has 5 heteroatoms. The van der Waals surface area contributed by atoms with Crippen molar-refractivity contribution in [2.45, 2.75) is 26.7 Å². The lowest BCUT2D eigenvalue weighted by atomic mass is 10.1. The molecule has 104 valence electrons. The maximum atomic E-state index is 11.7. The zero-order chi connectivity index (χ0) is 14.3. The standard InChI is InChI=1S/C14H21N3O2/c1-10-9-12(6-7-13(10)16-11(2)18)17-14(19)5-4-8-15-3/h6-7,9,15H,4-5,8H2,1-3H3,(H,16,18)(H,17,19). The van der Waals surface area contributed by atoms with Crippen molar-refractivity contribution >= 4 is 23.2 Å². The van der Waals surface area contributed by atoms with E-state index in [1.165, 1.54) is 6.92 Å². The van der Waals surface area contributed by atoms with E-state index >= 15 is 0 Å². The van der Waals surface area contributed by atoms with Crippen LogP contribution in [-0.4, -0.2) is 25.4 Å². The summed E-state index contributed by atoms with van der Waals surface area (Å²) in [6.07, 6.45) is 1.30. The first-order chi connectivity index (χ1) is 9.02. The second-order valence-corrected chi connectivity index (χ2v) is 4.47. The molecule has 0 unspecified atom stereocenters. The van der Waals surface area contributed by atoms with Gasteiger partial charge in [0.1, 0.15) is 0 Å². The third-order valence-corrected chi connectivity index (χ3v) is 2.65. The second kappa shape index (κ2) is 7.53. The molecule has 0 heterocycles. The quantitative estimate of drug-likeness (QED) is 0.686. The van der Waals surface area contributed by atoms with Gasteiger partial charge in [0.2, 0.25) is 11.8 Å². The Kier molecular flexibility index (Phi) is 6.02. The van der Waals surface area contributed by atoms with Gasteiger partial charge in [-0.25, -0.2) is 0 Å². The van der Waals surface area contributed by atoms with Crippen molar-refractivity contribution in [1.82, 2.24) is 5.32 Å². The molecular weight excluding hydrogens is 242 g/mol. The number of amides is 2. The fourth-order valence-corrected chi connectivity index (χ4v) is 1.72. The van der Waals surface area contributed by atoms with Crippen LogP contribution in [0, 0.1) is 6.92 Å². The van der Waals surface area contributed by atoms with Crippen LogP contribution in [0.5, 0.6) is 0 Å². The molecule has 0 aliphatic carbocycles. The second-order valence-electron chi connectivity index (χ2n) is 4.47. The van der Waals surface area contributed by atoms with Gasteiger partial charge in [0, 0.05) is 24.7 Å². The average molecular weight is 263 g/mol. The first-order valence-corrected chi connectivity index (χ1v) is 6.35. The summed E-state index contributed by atoms with van der Waals surface area (Å²) in [5.74, 6) is -0.103. The number of benzene rings is 1. The molecule has 0 spiro atoms. The molecule has 0 aliphatic rings. The SMILES string of the molecule is CNCCCC(=O)Nc1ccc(NC(C)=O)c(C)c1. The predicted molar refractivity (Wildman–Crippen MR) is 77.3 cm³/mol. The highest BCUT2D eigenvalue weighted by atomic mass is 16.2. The Morgan fingerprint density at radius 2 is 1.95 bits per heavy atom. The van der Waals surface area contributed by atoms with Crippen molar-refractivity contribution < 1.29 is 9.59 Å². The molecule has 0 radical (unpaired) electrons. The van der Waals surface area contributed by atoms with Crippen LogP contribution in [0.3, 0.4) is 0 Å². The van der Waals surface area contributed by atoms with Crippen molar-refractivity contribution in [2.24, 2.45) is 0 Å². The van der Waals surface area contributed by atoms with Crippen molar-refractivity contribution in [3.05, 3.63) is 23.8 Å². The molecule has 3 N–H and O–H groups in total. The topological polar surface area (TPSA) is 70.2 Å². The van der Waals surface area contributed by atoms with Crippen molar-refractivity contribution in [1.29, 1.82) is 0 Å². The van der Waals surface area contributed by atoms with Crippen molar-refractivity contribution in [3.63, 3.8) is 0 Å². The Balaban J connectivity index is 2.58. The Hall–Kier alpha value is -1.88. The molecule has 1 rings (SSSR count). The summed E-state index contributed by atoms with van der Waals surface area (Å²) in [5, 5.41) is 8.58. The van der Waals surface area contributed by atoms with Gasteiger partial charge in [-0.2, -0.15) is 0 Å². The lowest BCUT2D eigenvalue weighted by Gasteiger charge is -2.10. The molecule has 1 aromatic rings. The van der Waals surface area contributed by atoms with Crippen LogP contribution in [0.4, 0.5) is 11.4 Å². The zero-order valence-corrected chi connectivity index (χ0v) is 11.7. The molecule has 0 fully saturated rings. The smallest absolute Gasteiger partial charge is 0.224 e. The van der Waals surface area contributed by atoms with Gasteiger partial charge in [-0.1, -0.05) is 0 Å². The van der Waals surface area contributed by atoms with E-state index in [-0.39, 0.29) is 11.8 Å². The van der Waals surface area contributed by atoms with Gasteiger partial charge in [0.15, 0.2) is 0 Å². The fraction of sp³-hybridized carbons (Fsp3) is 0.429. The first kappa shape index (κ1) is 15.2. The lowest BCUT2D eigenvalue weighted by Crippen LogP contribution is -2.15. The Labute approximate surface area is 113 Å². The molecule has 0 saturated heterocycles. The van der Waals surface area contributed by atoms with Crippen LogP contribution in [0.15, 0.2) is 18.2 Å². The molecule has 0 saturated carbocycles. The van der Waals surface area contributed by atoms with Gasteiger partial charge in [-0.15, -0.1) is 0 Å². The minimum absolute atomic E-state index is 0.00178. The molecule has 0 atom stereocenters. The normalized spacial score (nSPS) is 10.1. The van der Waals surface area contributed by atoms with Gasteiger partial charge in [0.25, 0.3) is 0 Å². The van der Waals surface area contributed by atoms with Crippen LogP contribution in [-0.2, 0) is 9.59 Å². The molecule has 5 nitrogen and oxygen atoms in total. The van der Waals surface area contributed by atoms with Crippen LogP contribution in [0.1, 0.15) is 25.3 Å². The van der Waals surface area contributed by atoms with Crippen LogP contribution >= 0.6 is 0 Å². The largest absolute Gasteiger partial charge is 0.326 e. The molecular formula is C14H21N3O2. The van der Waals surface area contributed by atoms with E-state index < -0.39 is 0 Å². The molecule has 19 heavy (non-hydrogen) atoms. The van der Waals surface area contributed by atoms with Crippen molar-refractivity contribution in [2.75, 3.05) is 24.2 Å². The summed E-state index contributed by atoms with van der Waals surface area (Å²) in [5.41, 5.74) is 2.44. The van der Waals surface area contributed by atoms with Crippen molar-refractivity contribution in [3.8, 4) is 0 Å². The van der Waals surface area contributed by atoms with E-state index in [1.54, 1.807) is 12.1 Å². The number of anilines is 2. The van der Waals surface area contributed by atoms with Crippen LogP contribution < -0.4 is 16.0 Å². The summed E-state index contributed by atoms with van der Waals surface area (Å²) in [6, 6.07) is 5.43. The number of nitrogens with one attached hydrogen (secondary N) is 3. The summed E-state index contributed by atoms with van der Waals surface area (Å²) in [7, 11) is 1.86. The third-order valence-electron chi connectivity index (χ3n) is 2.65. The van der Waals surface area contributed by atoms with E-state index in [2.05, 4.69) is 16.0 Å². The summed E-state index contributed by atoms with van der Waals surface area (Å²) in [4.78, 5) is 22.6. The summed E-state index contributed by atoms with van der Waals surface area (Å²) < 4.78 is 0. The average Bonchev–Trinajstić information content (AvgIpc) is 2.32. The van der Waals surface area contributed by atoms with E-state index in [1.807, 2.05) is 20.0 Å². The van der Waals surface area contributed by atoms with E-state index in [0.29, 0.717) is 6.42 Å². The Bertz CT molecular complexity index is 458. The maximum Gasteiger partial charge on any atom is 0.224 e. The van der Waals surface area contributed by atoms with Gasteiger partial charge in [-0.05, 0) is 50.7 Å².